The minimum atomic E-state index is -0.325. The molecule has 4 N–H and O–H groups in total. The van der Waals surface area contributed by atoms with Crippen molar-refractivity contribution in [3.05, 3.63) is 66.2 Å². The zero-order valence-electron chi connectivity index (χ0n) is 13.5. The van der Waals surface area contributed by atoms with Crippen molar-refractivity contribution in [3.63, 3.8) is 0 Å². The Kier molecular flexibility index (Phi) is 4.56. The lowest BCUT2D eigenvalue weighted by molar-refractivity contribution is 0.101. The van der Waals surface area contributed by atoms with Crippen LogP contribution in [0.4, 0.5) is 33.1 Å². The second-order valence-corrected chi connectivity index (χ2v) is 5.38. The molecule has 126 valence electrons. The first-order valence-corrected chi connectivity index (χ1v) is 7.54. The molecular formula is C18H16FN5O. The molecule has 0 saturated heterocycles. The quantitative estimate of drug-likeness (QED) is 0.612. The Morgan fingerprint density at radius 1 is 1.00 bits per heavy atom. The lowest BCUT2D eigenvalue weighted by Gasteiger charge is -2.13. The normalized spacial score (nSPS) is 10.3. The summed E-state index contributed by atoms with van der Waals surface area (Å²) in [5, 5.41) is 6.09. The van der Waals surface area contributed by atoms with Gasteiger partial charge in [0.15, 0.2) is 17.4 Å². The number of rotatable bonds is 5. The van der Waals surface area contributed by atoms with Crippen LogP contribution < -0.4 is 16.4 Å². The van der Waals surface area contributed by atoms with E-state index in [1.165, 1.54) is 25.4 Å². The number of hydrogen-bond donors (Lipinski definition) is 3. The SMILES string of the molecule is CC(=O)c1cccc(Nc2ncnc(Nc3ccc(F)cc3)c2N)c1. The van der Waals surface area contributed by atoms with Crippen LogP contribution in [-0.2, 0) is 0 Å². The van der Waals surface area contributed by atoms with Gasteiger partial charge in [-0.1, -0.05) is 12.1 Å². The van der Waals surface area contributed by atoms with Gasteiger partial charge in [0.1, 0.15) is 17.8 Å². The van der Waals surface area contributed by atoms with Gasteiger partial charge in [-0.25, -0.2) is 14.4 Å². The fourth-order valence-electron chi connectivity index (χ4n) is 2.22. The molecule has 0 aliphatic rings. The molecule has 3 rings (SSSR count). The van der Waals surface area contributed by atoms with Crippen LogP contribution in [0, 0.1) is 5.82 Å². The van der Waals surface area contributed by atoms with Crippen molar-refractivity contribution in [3.8, 4) is 0 Å². The average Bonchev–Trinajstić information content (AvgIpc) is 2.60. The molecule has 0 aliphatic heterocycles. The van der Waals surface area contributed by atoms with Gasteiger partial charge in [-0.2, -0.15) is 0 Å². The molecule has 0 bridgehead atoms. The van der Waals surface area contributed by atoms with Gasteiger partial charge in [-0.3, -0.25) is 4.79 Å². The number of benzene rings is 2. The third-order valence-corrected chi connectivity index (χ3v) is 3.52. The summed E-state index contributed by atoms with van der Waals surface area (Å²) in [7, 11) is 0. The number of nitrogens with two attached hydrogens (primary N) is 1. The number of nitrogens with zero attached hydrogens (tertiary/aromatic N) is 2. The average molecular weight is 337 g/mol. The molecule has 0 aliphatic carbocycles. The predicted molar refractivity (Wildman–Crippen MR) is 95.9 cm³/mol. The topological polar surface area (TPSA) is 92.9 Å². The number of halogens is 1. The Morgan fingerprint density at radius 3 is 2.28 bits per heavy atom. The molecule has 0 radical (unpaired) electrons. The summed E-state index contributed by atoms with van der Waals surface area (Å²) in [6.07, 6.45) is 1.36. The lowest BCUT2D eigenvalue weighted by Crippen LogP contribution is -2.05. The number of Topliss-reactive ketones (excluding diaryl/α,β-unsaturated/α-hetero) is 1. The van der Waals surface area contributed by atoms with E-state index in [0.717, 1.165) is 0 Å². The van der Waals surface area contributed by atoms with E-state index in [4.69, 9.17) is 5.73 Å². The number of anilines is 5. The van der Waals surface area contributed by atoms with Crippen LogP contribution in [0.5, 0.6) is 0 Å². The number of aromatic nitrogens is 2. The highest BCUT2D eigenvalue weighted by atomic mass is 19.1. The minimum Gasteiger partial charge on any atom is -0.393 e. The van der Waals surface area contributed by atoms with E-state index >= 15 is 0 Å². The molecule has 0 fully saturated rings. The molecule has 0 saturated carbocycles. The maximum absolute atomic E-state index is 13.0. The van der Waals surface area contributed by atoms with Crippen molar-refractivity contribution in [1.29, 1.82) is 0 Å². The standard InChI is InChI=1S/C18H16FN5O/c1-11(25)12-3-2-4-15(9-12)24-18-16(20)17(21-10-22-18)23-14-7-5-13(19)6-8-14/h2-10H,20H2,1H3,(H2,21,22,23,24). The number of hydrogen-bond acceptors (Lipinski definition) is 6. The molecule has 25 heavy (non-hydrogen) atoms. The van der Waals surface area contributed by atoms with E-state index in [1.54, 1.807) is 36.4 Å². The van der Waals surface area contributed by atoms with Gasteiger partial charge >= 0.3 is 0 Å². The largest absolute Gasteiger partial charge is 0.393 e. The first-order valence-electron chi connectivity index (χ1n) is 7.54. The van der Waals surface area contributed by atoms with Crippen LogP contribution >= 0.6 is 0 Å². The maximum Gasteiger partial charge on any atom is 0.159 e. The van der Waals surface area contributed by atoms with Crippen molar-refractivity contribution in [2.24, 2.45) is 0 Å². The number of carbonyl (C=O) groups excluding carboxylic acids is 1. The molecule has 0 spiro atoms. The van der Waals surface area contributed by atoms with Crippen molar-refractivity contribution in [1.82, 2.24) is 9.97 Å². The number of ketones is 1. The van der Waals surface area contributed by atoms with Gasteiger partial charge < -0.3 is 16.4 Å². The van der Waals surface area contributed by atoms with Crippen LogP contribution in [0.1, 0.15) is 17.3 Å². The molecule has 2 aromatic carbocycles. The fraction of sp³-hybridized carbons (Fsp3) is 0.0556. The summed E-state index contributed by atoms with van der Waals surface area (Å²) in [4.78, 5) is 19.7. The highest BCUT2D eigenvalue weighted by molar-refractivity contribution is 5.95. The smallest absolute Gasteiger partial charge is 0.159 e. The van der Waals surface area contributed by atoms with Gasteiger partial charge in [0, 0.05) is 16.9 Å². The van der Waals surface area contributed by atoms with E-state index in [2.05, 4.69) is 20.6 Å². The minimum absolute atomic E-state index is 0.0297. The van der Waals surface area contributed by atoms with Crippen LogP contribution in [0.25, 0.3) is 0 Å². The summed E-state index contributed by atoms with van der Waals surface area (Å²) in [5.74, 6) is 0.444. The van der Waals surface area contributed by atoms with Crippen LogP contribution in [-0.4, -0.2) is 15.8 Å². The summed E-state index contributed by atoms with van der Waals surface area (Å²) in [6.45, 7) is 1.50. The molecule has 3 aromatic rings. The summed E-state index contributed by atoms with van der Waals surface area (Å²) >= 11 is 0. The maximum atomic E-state index is 13.0. The van der Waals surface area contributed by atoms with Crippen molar-refractivity contribution in [2.45, 2.75) is 6.92 Å². The lowest BCUT2D eigenvalue weighted by atomic mass is 10.1. The Labute approximate surface area is 143 Å². The highest BCUT2D eigenvalue weighted by Gasteiger charge is 2.09. The molecule has 6 nitrogen and oxygen atoms in total. The third-order valence-electron chi connectivity index (χ3n) is 3.52. The molecule has 1 heterocycles. The molecule has 0 amide bonds. The number of nitrogen functional groups attached to an aromatic ring is 1. The van der Waals surface area contributed by atoms with Gasteiger partial charge in [0.05, 0.1) is 0 Å². The number of carbonyl (C=O) groups is 1. The van der Waals surface area contributed by atoms with Crippen LogP contribution in [0.15, 0.2) is 54.9 Å². The molecule has 1 aromatic heterocycles. The molecular weight excluding hydrogens is 321 g/mol. The Balaban J connectivity index is 1.84. The Bertz CT molecular complexity index is 912. The van der Waals surface area contributed by atoms with E-state index in [0.29, 0.717) is 34.3 Å². The zero-order valence-corrected chi connectivity index (χ0v) is 13.5. The van der Waals surface area contributed by atoms with Crippen molar-refractivity contribution in [2.75, 3.05) is 16.4 Å². The number of nitrogens with one attached hydrogen (secondary N) is 2. The fourth-order valence-corrected chi connectivity index (χ4v) is 2.22. The summed E-state index contributed by atoms with van der Waals surface area (Å²) < 4.78 is 13.0. The van der Waals surface area contributed by atoms with Crippen LogP contribution in [0.2, 0.25) is 0 Å². The third kappa shape index (κ3) is 3.89. The second-order valence-electron chi connectivity index (χ2n) is 5.38. The first kappa shape index (κ1) is 16.4. The molecule has 0 unspecified atom stereocenters. The monoisotopic (exact) mass is 337 g/mol. The summed E-state index contributed by atoms with van der Waals surface area (Å²) in [5.41, 5.74) is 8.34. The van der Waals surface area contributed by atoms with E-state index in [9.17, 15) is 9.18 Å². The van der Waals surface area contributed by atoms with Crippen molar-refractivity contribution >= 4 is 34.5 Å². The second kappa shape index (κ2) is 6.96. The summed E-state index contributed by atoms with van der Waals surface area (Å²) in [6, 6.07) is 12.9. The van der Waals surface area contributed by atoms with E-state index < -0.39 is 0 Å². The van der Waals surface area contributed by atoms with Crippen LogP contribution in [0.3, 0.4) is 0 Å². The van der Waals surface area contributed by atoms with E-state index in [1.807, 2.05) is 0 Å². The highest BCUT2D eigenvalue weighted by Crippen LogP contribution is 2.28. The predicted octanol–water partition coefficient (Wildman–Crippen LogP) is 3.89. The van der Waals surface area contributed by atoms with Crippen molar-refractivity contribution < 1.29 is 9.18 Å². The van der Waals surface area contributed by atoms with Gasteiger partial charge in [0.2, 0.25) is 0 Å². The molecule has 0 atom stereocenters. The van der Waals surface area contributed by atoms with E-state index in [-0.39, 0.29) is 11.6 Å². The van der Waals surface area contributed by atoms with Gasteiger partial charge in [0.25, 0.3) is 0 Å². The van der Waals surface area contributed by atoms with Gasteiger partial charge in [-0.05, 0) is 43.3 Å². The zero-order chi connectivity index (χ0) is 17.8. The molecule has 7 heteroatoms. The Hall–Kier alpha value is -3.48. The van der Waals surface area contributed by atoms with Gasteiger partial charge in [-0.15, -0.1) is 0 Å². The first-order chi connectivity index (χ1) is 12.0. The Morgan fingerprint density at radius 2 is 1.64 bits per heavy atom.